The summed E-state index contributed by atoms with van der Waals surface area (Å²) in [5.41, 5.74) is 4.09. The van der Waals surface area contributed by atoms with Crippen molar-refractivity contribution in [3.8, 4) is 17.1 Å². The summed E-state index contributed by atoms with van der Waals surface area (Å²) in [5, 5.41) is 23.9. The summed E-state index contributed by atoms with van der Waals surface area (Å²) in [5.74, 6) is 0.671. The Bertz CT molecular complexity index is 1050. The minimum atomic E-state index is -0.251. The molecule has 2 N–H and O–H groups in total. The first-order chi connectivity index (χ1) is 13.7. The van der Waals surface area contributed by atoms with Gasteiger partial charge in [0.15, 0.2) is 0 Å². The first kappa shape index (κ1) is 17.9. The molecular formula is C22H19FN4O. The predicted molar refractivity (Wildman–Crippen MR) is 104 cm³/mol. The molecule has 28 heavy (non-hydrogen) atoms. The minimum absolute atomic E-state index is 0.128. The first-order valence-electron chi connectivity index (χ1n) is 9.03. The zero-order valence-corrected chi connectivity index (χ0v) is 15.1. The first-order valence-corrected chi connectivity index (χ1v) is 9.03. The maximum atomic E-state index is 13.4. The lowest BCUT2D eigenvalue weighted by molar-refractivity contribution is 0.474. The Balaban J connectivity index is 1.63. The highest BCUT2D eigenvalue weighted by Crippen LogP contribution is 2.28. The van der Waals surface area contributed by atoms with Crippen molar-refractivity contribution in [1.82, 2.24) is 20.6 Å². The van der Waals surface area contributed by atoms with E-state index in [2.05, 4.69) is 26.7 Å². The lowest BCUT2D eigenvalue weighted by atomic mass is 9.86. The number of aromatic nitrogens is 4. The summed E-state index contributed by atoms with van der Waals surface area (Å²) < 4.78 is 13.4. The van der Waals surface area contributed by atoms with E-state index in [1.807, 2.05) is 42.5 Å². The summed E-state index contributed by atoms with van der Waals surface area (Å²) in [7, 11) is 0. The van der Waals surface area contributed by atoms with Crippen LogP contribution in [-0.2, 0) is 12.8 Å². The van der Waals surface area contributed by atoms with Gasteiger partial charge in [-0.15, -0.1) is 10.2 Å². The van der Waals surface area contributed by atoms with E-state index in [0.29, 0.717) is 5.82 Å². The van der Waals surface area contributed by atoms with E-state index in [-0.39, 0.29) is 17.5 Å². The van der Waals surface area contributed by atoms with Crippen molar-refractivity contribution >= 4 is 0 Å². The van der Waals surface area contributed by atoms with Gasteiger partial charge in [-0.05, 0) is 71.0 Å². The molecule has 0 aliphatic heterocycles. The van der Waals surface area contributed by atoms with Gasteiger partial charge in [-0.25, -0.2) is 4.39 Å². The quantitative estimate of drug-likeness (QED) is 0.528. The van der Waals surface area contributed by atoms with Crippen molar-refractivity contribution in [2.45, 2.75) is 18.8 Å². The lowest BCUT2D eigenvalue weighted by Crippen LogP contribution is -2.07. The molecule has 4 rings (SSSR count). The van der Waals surface area contributed by atoms with E-state index in [0.717, 1.165) is 35.1 Å². The Kier molecular flexibility index (Phi) is 5.10. The Morgan fingerprint density at radius 3 is 2.29 bits per heavy atom. The molecule has 140 valence electrons. The summed E-state index contributed by atoms with van der Waals surface area (Å²) in [4.78, 5) is 0. The van der Waals surface area contributed by atoms with Crippen LogP contribution in [0.1, 0.15) is 22.6 Å². The Morgan fingerprint density at radius 1 is 0.893 bits per heavy atom. The molecule has 6 heteroatoms. The van der Waals surface area contributed by atoms with E-state index in [1.165, 1.54) is 12.1 Å². The number of hydrogen-bond acceptors (Lipinski definition) is 4. The molecule has 1 aromatic heterocycles. The standard InChI is InChI=1S/C22H19FN4O/c23-20-9-7-17(8-10-20)19(13-16-4-2-6-21(28)14-16)12-15-3-1-5-18(11-15)22-24-26-27-25-22/h1-11,14,19,28H,12-13H2,(H,24,25,26,27). The van der Waals surface area contributed by atoms with E-state index in [9.17, 15) is 9.50 Å². The van der Waals surface area contributed by atoms with Gasteiger partial charge in [0.05, 0.1) is 0 Å². The van der Waals surface area contributed by atoms with E-state index in [4.69, 9.17) is 0 Å². The number of phenols is 1. The average molecular weight is 374 g/mol. The fourth-order valence-corrected chi connectivity index (χ4v) is 3.42. The molecule has 0 radical (unpaired) electrons. The minimum Gasteiger partial charge on any atom is -0.508 e. The largest absolute Gasteiger partial charge is 0.508 e. The Morgan fingerprint density at radius 2 is 1.61 bits per heavy atom. The Labute approximate surface area is 161 Å². The van der Waals surface area contributed by atoms with Crippen LogP contribution < -0.4 is 0 Å². The number of H-pyrrole nitrogens is 1. The number of benzene rings is 3. The molecule has 0 fully saturated rings. The monoisotopic (exact) mass is 374 g/mol. The van der Waals surface area contributed by atoms with Gasteiger partial charge in [0.25, 0.3) is 0 Å². The third-order valence-electron chi connectivity index (χ3n) is 4.75. The molecule has 0 bridgehead atoms. The zero-order valence-electron chi connectivity index (χ0n) is 15.1. The molecule has 0 saturated heterocycles. The van der Waals surface area contributed by atoms with Gasteiger partial charge >= 0.3 is 0 Å². The molecule has 0 aliphatic rings. The van der Waals surface area contributed by atoms with E-state index < -0.39 is 0 Å². The molecule has 0 saturated carbocycles. The van der Waals surface area contributed by atoms with Crippen molar-refractivity contribution in [3.05, 3.63) is 95.3 Å². The molecule has 4 aromatic rings. The number of aromatic amines is 1. The second-order valence-corrected chi connectivity index (χ2v) is 6.76. The average Bonchev–Trinajstić information content (AvgIpc) is 3.23. The molecule has 3 aromatic carbocycles. The van der Waals surface area contributed by atoms with Crippen LogP contribution in [0.2, 0.25) is 0 Å². The molecule has 0 spiro atoms. The van der Waals surface area contributed by atoms with Crippen molar-refractivity contribution in [2.75, 3.05) is 0 Å². The fraction of sp³-hybridized carbons (Fsp3) is 0.136. The highest BCUT2D eigenvalue weighted by atomic mass is 19.1. The van der Waals surface area contributed by atoms with Gasteiger partial charge in [0.2, 0.25) is 5.82 Å². The highest BCUT2D eigenvalue weighted by Gasteiger charge is 2.15. The van der Waals surface area contributed by atoms with Gasteiger partial charge in [-0.2, -0.15) is 5.21 Å². The summed E-state index contributed by atoms with van der Waals surface area (Å²) in [6.45, 7) is 0. The van der Waals surface area contributed by atoms with Gasteiger partial charge in [-0.1, -0.05) is 42.5 Å². The van der Waals surface area contributed by atoms with Gasteiger partial charge in [0, 0.05) is 5.56 Å². The van der Waals surface area contributed by atoms with Crippen molar-refractivity contribution in [2.24, 2.45) is 0 Å². The van der Waals surface area contributed by atoms with Crippen molar-refractivity contribution in [3.63, 3.8) is 0 Å². The number of phenolic OH excluding ortho intramolecular Hbond substituents is 1. The molecule has 0 amide bonds. The maximum Gasteiger partial charge on any atom is 0.204 e. The summed E-state index contributed by atoms with van der Waals surface area (Å²) in [6, 6.07) is 21.9. The molecule has 0 aliphatic carbocycles. The number of tetrazole rings is 1. The maximum absolute atomic E-state index is 13.4. The van der Waals surface area contributed by atoms with Crippen molar-refractivity contribution in [1.29, 1.82) is 0 Å². The van der Waals surface area contributed by atoms with Crippen LogP contribution in [-0.4, -0.2) is 25.7 Å². The topological polar surface area (TPSA) is 74.7 Å². The number of nitrogens with one attached hydrogen (secondary N) is 1. The van der Waals surface area contributed by atoms with Gasteiger partial charge < -0.3 is 5.11 Å². The van der Waals surface area contributed by atoms with E-state index in [1.54, 1.807) is 12.1 Å². The molecule has 5 nitrogen and oxygen atoms in total. The highest BCUT2D eigenvalue weighted by molar-refractivity contribution is 5.55. The number of halogens is 1. The van der Waals surface area contributed by atoms with Gasteiger partial charge in [0.1, 0.15) is 11.6 Å². The third kappa shape index (κ3) is 4.23. The van der Waals surface area contributed by atoms with Crippen LogP contribution in [0.3, 0.4) is 0 Å². The number of nitrogens with zero attached hydrogens (tertiary/aromatic N) is 3. The van der Waals surface area contributed by atoms with E-state index >= 15 is 0 Å². The number of hydrogen-bond donors (Lipinski definition) is 2. The van der Waals surface area contributed by atoms with Crippen LogP contribution in [0.15, 0.2) is 72.8 Å². The zero-order chi connectivity index (χ0) is 19.3. The SMILES string of the molecule is Oc1cccc(CC(Cc2cccc(-c3nn[nH]n3)c2)c2ccc(F)cc2)c1. The van der Waals surface area contributed by atoms with Crippen LogP contribution in [0, 0.1) is 5.82 Å². The number of aromatic hydroxyl groups is 1. The van der Waals surface area contributed by atoms with Crippen LogP contribution >= 0.6 is 0 Å². The summed E-state index contributed by atoms with van der Waals surface area (Å²) >= 11 is 0. The fourth-order valence-electron chi connectivity index (χ4n) is 3.42. The Hall–Kier alpha value is -3.54. The summed E-state index contributed by atoms with van der Waals surface area (Å²) in [6.07, 6.45) is 1.49. The normalized spacial score (nSPS) is 12.0. The number of rotatable bonds is 6. The molecule has 1 unspecified atom stereocenters. The van der Waals surface area contributed by atoms with Crippen LogP contribution in [0.25, 0.3) is 11.4 Å². The molecule has 1 heterocycles. The second-order valence-electron chi connectivity index (χ2n) is 6.76. The smallest absolute Gasteiger partial charge is 0.204 e. The molecular weight excluding hydrogens is 355 g/mol. The van der Waals surface area contributed by atoms with Crippen molar-refractivity contribution < 1.29 is 9.50 Å². The lowest BCUT2D eigenvalue weighted by Gasteiger charge is -2.18. The predicted octanol–water partition coefficient (Wildman–Crippen LogP) is 4.28. The van der Waals surface area contributed by atoms with Gasteiger partial charge in [-0.3, -0.25) is 0 Å². The van der Waals surface area contributed by atoms with Crippen LogP contribution in [0.5, 0.6) is 5.75 Å². The molecule has 1 atom stereocenters. The third-order valence-corrected chi connectivity index (χ3v) is 4.75. The van der Waals surface area contributed by atoms with Crippen LogP contribution in [0.4, 0.5) is 4.39 Å². The second kappa shape index (κ2) is 8.00.